The molecule has 0 saturated heterocycles. The van der Waals surface area contributed by atoms with Crippen molar-refractivity contribution in [3.63, 3.8) is 0 Å². The highest BCUT2D eigenvalue weighted by Crippen LogP contribution is 2.27. The number of rotatable bonds is 12. The average molecular weight is 621 g/mol. The summed E-state index contributed by atoms with van der Waals surface area (Å²) in [5.74, 6) is -0.427. The minimum absolute atomic E-state index is 0.00901. The number of benzene rings is 3. The van der Waals surface area contributed by atoms with Gasteiger partial charge in [-0.05, 0) is 81.3 Å². The molecule has 0 aliphatic rings. The molecule has 41 heavy (non-hydrogen) atoms. The number of methoxy groups -OCH3 is 1. The molecule has 3 rings (SSSR count). The van der Waals surface area contributed by atoms with Gasteiger partial charge < -0.3 is 15.0 Å². The maximum atomic E-state index is 14.0. The molecule has 3 aromatic carbocycles. The number of carbonyl (C=O) groups excluding carboxylic acids is 2. The zero-order chi connectivity index (χ0) is 30.3. The van der Waals surface area contributed by atoms with E-state index in [1.54, 1.807) is 61.5 Å². The Balaban J connectivity index is 2.03. The van der Waals surface area contributed by atoms with Crippen molar-refractivity contribution in [2.45, 2.75) is 57.6 Å². The number of sulfonamides is 1. The van der Waals surface area contributed by atoms with Gasteiger partial charge in [0, 0.05) is 12.6 Å². The van der Waals surface area contributed by atoms with E-state index in [0.717, 1.165) is 9.87 Å². The first-order chi connectivity index (χ1) is 19.4. The van der Waals surface area contributed by atoms with Gasteiger partial charge in [-0.15, -0.1) is 0 Å². The Morgan fingerprint density at radius 3 is 2.15 bits per heavy atom. The van der Waals surface area contributed by atoms with Gasteiger partial charge >= 0.3 is 0 Å². The zero-order valence-corrected chi connectivity index (χ0v) is 26.1. The van der Waals surface area contributed by atoms with Crippen molar-refractivity contribution in [2.75, 3.05) is 18.0 Å². The van der Waals surface area contributed by atoms with E-state index in [0.29, 0.717) is 33.5 Å². The van der Waals surface area contributed by atoms with Crippen LogP contribution in [0.5, 0.6) is 5.75 Å². The van der Waals surface area contributed by atoms with Gasteiger partial charge in [-0.3, -0.25) is 13.9 Å². The fourth-order valence-electron chi connectivity index (χ4n) is 4.00. The van der Waals surface area contributed by atoms with Crippen molar-refractivity contribution < 1.29 is 22.7 Å². The second kappa shape index (κ2) is 14.1. The van der Waals surface area contributed by atoms with Gasteiger partial charge in [-0.25, -0.2) is 8.42 Å². The molecule has 0 aromatic heterocycles. The monoisotopic (exact) mass is 619 g/mol. The van der Waals surface area contributed by atoms with Crippen molar-refractivity contribution in [3.05, 3.63) is 87.9 Å². The van der Waals surface area contributed by atoms with E-state index in [9.17, 15) is 18.0 Å². The lowest BCUT2D eigenvalue weighted by molar-refractivity contribution is -0.139. The molecule has 11 heteroatoms. The van der Waals surface area contributed by atoms with Crippen LogP contribution in [-0.2, 0) is 26.2 Å². The van der Waals surface area contributed by atoms with Gasteiger partial charge in [0.15, 0.2) is 0 Å². The van der Waals surface area contributed by atoms with Gasteiger partial charge in [-0.1, -0.05) is 53.9 Å². The lowest BCUT2D eigenvalue weighted by Gasteiger charge is -2.32. The van der Waals surface area contributed by atoms with Gasteiger partial charge in [0.25, 0.3) is 10.0 Å². The number of hydrogen-bond acceptors (Lipinski definition) is 5. The topological polar surface area (TPSA) is 96.0 Å². The fraction of sp³-hybridized carbons (Fsp3) is 0.333. The number of nitrogens with zero attached hydrogens (tertiary/aromatic N) is 2. The molecule has 0 fully saturated rings. The number of amides is 2. The normalized spacial score (nSPS) is 12.8. The first-order valence-electron chi connectivity index (χ1n) is 13.1. The van der Waals surface area contributed by atoms with Crippen LogP contribution in [0.25, 0.3) is 0 Å². The summed E-state index contributed by atoms with van der Waals surface area (Å²) in [6.07, 6.45) is 0.709. The number of anilines is 1. The summed E-state index contributed by atoms with van der Waals surface area (Å²) in [7, 11) is -2.70. The van der Waals surface area contributed by atoms with Crippen molar-refractivity contribution in [1.29, 1.82) is 0 Å². The average Bonchev–Trinajstić information content (AvgIpc) is 2.96. The van der Waals surface area contributed by atoms with E-state index < -0.39 is 28.5 Å². The first kappa shape index (κ1) is 32.2. The molecule has 2 amide bonds. The summed E-state index contributed by atoms with van der Waals surface area (Å²) in [4.78, 5) is 28.5. The molecular formula is C30H35Cl2N3O5S. The van der Waals surface area contributed by atoms with Crippen LogP contribution in [0.2, 0.25) is 10.0 Å². The Kier molecular flexibility index (Phi) is 11.1. The first-order valence-corrected chi connectivity index (χ1v) is 15.3. The van der Waals surface area contributed by atoms with Crippen LogP contribution in [0.4, 0.5) is 5.69 Å². The van der Waals surface area contributed by atoms with Crippen molar-refractivity contribution in [1.82, 2.24) is 10.2 Å². The molecule has 0 spiro atoms. The minimum atomic E-state index is -4.18. The van der Waals surface area contributed by atoms with Gasteiger partial charge in [-0.2, -0.15) is 0 Å². The third-order valence-electron chi connectivity index (χ3n) is 6.75. The van der Waals surface area contributed by atoms with E-state index in [2.05, 4.69) is 5.32 Å². The summed E-state index contributed by atoms with van der Waals surface area (Å²) in [6, 6.07) is 16.7. The van der Waals surface area contributed by atoms with Crippen LogP contribution in [0.3, 0.4) is 0 Å². The van der Waals surface area contributed by atoms with Crippen LogP contribution in [0.1, 0.15) is 38.3 Å². The molecule has 0 radical (unpaired) electrons. The van der Waals surface area contributed by atoms with Gasteiger partial charge in [0.05, 0.1) is 27.7 Å². The highest BCUT2D eigenvalue weighted by molar-refractivity contribution is 7.92. The number of carbonyl (C=O) groups is 2. The molecular weight excluding hydrogens is 585 g/mol. The maximum Gasteiger partial charge on any atom is 0.264 e. The Labute approximate surface area is 252 Å². The summed E-state index contributed by atoms with van der Waals surface area (Å²) < 4.78 is 34.0. The fourth-order valence-corrected chi connectivity index (χ4v) is 5.73. The Morgan fingerprint density at radius 1 is 0.951 bits per heavy atom. The molecule has 3 aromatic rings. The molecule has 2 atom stereocenters. The minimum Gasteiger partial charge on any atom is -0.497 e. The second-order valence-corrected chi connectivity index (χ2v) is 12.5. The summed E-state index contributed by atoms with van der Waals surface area (Å²) >= 11 is 12.3. The van der Waals surface area contributed by atoms with E-state index in [1.807, 2.05) is 20.8 Å². The van der Waals surface area contributed by atoms with Crippen molar-refractivity contribution >= 4 is 50.7 Å². The number of nitrogens with one attached hydrogen (secondary N) is 1. The smallest absolute Gasteiger partial charge is 0.264 e. The maximum absolute atomic E-state index is 14.0. The summed E-state index contributed by atoms with van der Waals surface area (Å²) in [6.45, 7) is 6.78. The summed E-state index contributed by atoms with van der Waals surface area (Å²) in [5, 5.41) is 3.56. The molecule has 0 saturated carbocycles. The number of hydrogen-bond donors (Lipinski definition) is 1. The van der Waals surface area contributed by atoms with E-state index >= 15 is 0 Å². The number of aryl methyl sites for hydroxylation is 1. The van der Waals surface area contributed by atoms with E-state index in [-0.39, 0.29) is 23.4 Å². The predicted molar refractivity (Wildman–Crippen MR) is 163 cm³/mol. The molecule has 8 nitrogen and oxygen atoms in total. The van der Waals surface area contributed by atoms with Gasteiger partial charge in [0.2, 0.25) is 11.8 Å². The van der Waals surface area contributed by atoms with Crippen LogP contribution in [0, 0.1) is 6.92 Å². The van der Waals surface area contributed by atoms with Crippen molar-refractivity contribution in [2.24, 2.45) is 0 Å². The summed E-state index contributed by atoms with van der Waals surface area (Å²) in [5.41, 5.74) is 1.88. The third-order valence-corrected chi connectivity index (χ3v) is 9.28. The van der Waals surface area contributed by atoms with E-state index in [1.165, 1.54) is 24.1 Å². The third kappa shape index (κ3) is 8.15. The van der Waals surface area contributed by atoms with Crippen LogP contribution in [0.15, 0.2) is 71.6 Å². The van der Waals surface area contributed by atoms with Crippen molar-refractivity contribution in [3.8, 4) is 5.75 Å². The molecule has 0 unspecified atom stereocenters. The Bertz CT molecular complexity index is 1460. The van der Waals surface area contributed by atoms with Crippen LogP contribution >= 0.6 is 23.2 Å². The molecule has 0 bridgehead atoms. The Morgan fingerprint density at radius 2 is 1.59 bits per heavy atom. The predicted octanol–water partition coefficient (Wildman–Crippen LogP) is 5.84. The number of ether oxygens (including phenoxy) is 1. The standard InChI is InChI=1S/C30H35Cl2N3O5S/c1-6-21(3)33-30(37)22(4)34(18-23-9-16-27(31)28(32)17-23)29(36)19-35(24-10-7-20(2)8-11-24)41(38,39)26-14-12-25(40-5)13-15-26/h7-17,21-22H,6,18-19H2,1-5H3,(H,33,37)/t21-,22+/m1/s1. The Hall–Kier alpha value is -3.27. The molecule has 220 valence electrons. The molecule has 0 aliphatic carbocycles. The second-order valence-electron chi connectivity index (χ2n) is 9.79. The zero-order valence-electron chi connectivity index (χ0n) is 23.7. The number of halogens is 2. The SMILES string of the molecule is CC[C@@H](C)NC(=O)[C@H](C)N(Cc1ccc(Cl)c(Cl)c1)C(=O)CN(c1ccc(C)cc1)S(=O)(=O)c1ccc(OC)cc1. The lowest BCUT2D eigenvalue weighted by Crippen LogP contribution is -2.52. The molecule has 0 aliphatic heterocycles. The molecule has 0 heterocycles. The van der Waals surface area contributed by atoms with Crippen LogP contribution < -0.4 is 14.4 Å². The van der Waals surface area contributed by atoms with E-state index in [4.69, 9.17) is 27.9 Å². The highest BCUT2D eigenvalue weighted by Gasteiger charge is 2.33. The lowest BCUT2D eigenvalue weighted by atomic mass is 10.1. The van der Waals surface area contributed by atoms with Crippen LogP contribution in [-0.4, -0.2) is 50.9 Å². The van der Waals surface area contributed by atoms with Gasteiger partial charge in [0.1, 0.15) is 18.3 Å². The quantitative estimate of drug-likeness (QED) is 0.275. The molecule has 1 N–H and O–H groups in total. The largest absolute Gasteiger partial charge is 0.497 e. The highest BCUT2D eigenvalue weighted by atomic mass is 35.5.